The maximum absolute atomic E-state index is 12.3. The van der Waals surface area contributed by atoms with Crippen LogP contribution in [0, 0.1) is 19.3 Å². The number of ether oxygens (including phenoxy) is 2. The van der Waals surface area contributed by atoms with Crippen LogP contribution in [-0.2, 0) is 4.74 Å². The zero-order valence-electron chi connectivity index (χ0n) is 22.8. The molecule has 1 aliphatic rings. The highest BCUT2D eigenvalue weighted by Gasteiger charge is 2.26. The first kappa shape index (κ1) is 27.4. The van der Waals surface area contributed by atoms with E-state index in [0.717, 1.165) is 50.4 Å². The summed E-state index contributed by atoms with van der Waals surface area (Å²) in [5, 5.41) is 14.4. The summed E-state index contributed by atoms with van der Waals surface area (Å²) >= 11 is 1.65. The van der Waals surface area contributed by atoms with E-state index in [9.17, 15) is 4.79 Å². The number of likely N-dealkylation sites (tertiary alicyclic amines) is 1. The number of aryl methyl sites for hydroxylation is 2. The lowest BCUT2D eigenvalue weighted by Crippen LogP contribution is -2.45. The minimum Gasteiger partial charge on any atom is -0.496 e. The molecule has 9 nitrogen and oxygen atoms in total. The number of methoxy groups -OCH3 is 1. The number of anilines is 1. The van der Waals surface area contributed by atoms with Crippen molar-refractivity contribution in [3.8, 4) is 16.9 Å². The number of thiophene rings is 1. The number of piperidine rings is 1. The average Bonchev–Trinajstić information content (AvgIpc) is 3.20. The van der Waals surface area contributed by atoms with Gasteiger partial charge in [-0.3, -0.25) is 0 Å². The van der Waals surface area contributed by atoms with E-state index in [-0.39, 0.29) is 12.1 Å². The molecular formula is C28H36N6O3S. The van der Waals surface area contributed by atoms with Gasteiger partial charge in [0.2, 0.25) is 5.95 Å². The van der Waals surface area contributed by atoms with Crippen LogP contribution in [0.3, 0.4) is 0 Å². The van der Waals surface area contributed by atoms with Crippen molar-refractivity contribution in [3.63, 3.8) is 0 Å². The fourth-order valence-corrected chi connectivity index (χ4v) is 5.38. The minimum absolute atomic E-state index is 0.189. The number of carbonyl (C=O) groups excluding carboxylic acids is 1. The lowest BCUT2D eigenvalue weighted by Gasteiger charge is -2.33. The van der Waals surface area contributed by atoms with Crippen LogP contribution in [0.1, 0.15) is 44.1 Å². The number of fused-ring (bicyclic) bond motifs is 1. The first-order valence-corrected chi connectivity index (χ1v) is 13.5. The fourth-order valence-electron chi connectivity index (χ4n) is 4.40. The molecule has 0 spiro atoms. The third kappa shape index (κ3) is 6.42. The summed E-state index contributed by atoms with van der Waals surface area (Å²) < 4.78 is 12.1. The van der Waals surface area contributed by atoms with Gasteiger partial charge in [-0.1, -0.05) is 12.1 Å². The van der Waals surface area contributed by atoms with E-state index in [4.69, 9.17) is 19.9 Å². The standard InChI is InChI=1S/C28H36N6O3S/c1-17-7-8-21(22(13-17)36-6)24-18(2)38-23-16-31-26(33-25(23)24)32-20(14-29)15-30-19-9-11-34(12-10-19)27(35)37-28(3,4)5/h7-8,13-16,19,29-30H,9-12H2,1-6H3,(H,31,32,33)/b20-15+,29-14?. The molecular weight excluding hydrogens is 500 g/mol. The van der Waals surface area contributed by atoms with Crippen molar-refractivity contribution in [1.82, 2.24) is 20.2 Å². The lowest BCUT2D eigenvalue weighted by molar-refractivity contribution is 0.0201. The summed E-state index contributed by atoms with van der Waals surface area (Å²) in [7, 11) is 1.68. The van der Waals surface area contributed by atoms with Crippen molar-refractivity contribution in [1.29, 1.82) is 5.41 Å². The predicted molar refractivity (Wildman–Crippen MR) is 153 cm³/mol. The Hall–Kier alpha value is -3.66. The molecule has 3 heterocycles. The molecule has 3 N–H and O–H groups in total. The number of hydrogen-bond acceptors (Lipinski definition) is 9. The van der Waals surface area contributed by atoms with Crippen molar-refractivity contribution in [2.75, 3.05) is 25.5 Å². The molecule has 4 rings (SSSR count). The van der Waals surface area contributed by atoms with Gasteiger partial charge in [0.15, 0.2) is 0 Å². The fraction of sp³-hybridized carbons (Fsp3) is 0.429. The molecule has 2 aromatic heterocycles. The molecule has 1 saturated heterocycles. The van der Waals surface area contributed by atoms with Gasteiger partial charge in [0.25, 0.3) is 0 Å². The van der Waals surface area contributed by atoms with Gasteiger partial charge in [-0.05, 0) is 59.1 Å². The summed E-state index contributed by atoms with van der Waals surface area (Å²) in [5.41, 5.74) is 4.04. The molecule has 0 bridgehead atoms. The maximum atomic E-state index is 12.3. The van der Waals surface area contributed by atoms with Gasteiger partial charge >= 0.3 is 6.09 Å². The lowest BCUT2D eigenvalue weighted by atomic mass is 10.0. The smallest absolute Gasteiger partial charge is 0.410 e. The second-order valence-electron chi connectivity index (χ2n) is 10.4. The number of aromatic nitrogens is 2. The summed E-state index contributed by atoms with van der Waals surface area (Å²) in [6, 6.07) is 6.35. The number of nitrogens with one attached hydrogen (secondary N) is 3. The molecule has 3 aromatic rings. The highest BCUT2D eigenvalue weighted by Crippen LogP contribution is 2.41. The number of rotatable bonds is 7. The quantitative estimate of drug-likeness (QED) is 0.324. The summed E-state index contributed by atoms with van der Waals surface area (Å²) in [5.74, 6) is 1.22. The Bertz CT molecular complexity index is 1350. The van der Waals surface area contributed by atoms with Crippen LogP contribution >= 0.6 is 11.3 Å². The van der Waals surface area contributed by atoms with Gasteiger partial charge in [-0.2, -0.15) is 0 Å². The Kier molecular flexibility index (Phi) is 8.20. The van der Waals surface area contributed by atoms with E-state index < -0.39 is 5.60 Å². The summed E-state index contributed by atoms with van der Waals surface area (Å²) in [6.45, 7) is 11.0. The Labute approximate surface area is 227 Å². The maximum Gasteiger partial charge on any atom is 0.410 e. The van der Waals surface area contributed by atoms with E-state index in [0.29, 0.717) is 24.7 Å². The van der Waals surface area contributed by atoms with Crippen LogP contribution in [0.15, 0.2) is 36.3 Å². The van der Waals surface area contributed by atoms with Gasteiger partial charge in [0.1, 0.15) is 11.4 Å². The van der Waals surface area contributed by atoms with Gasteiger partial charge in [-0.15, -0.1) is 11.3 Å². The summed E-state index contributed by atoms with van der Waals surface area (Å²) in [4.78, 5) is 24.5. The Morgan fingerprint density at radius 1 is 1.24 bits per heavy atom. The Morgan fingerprint density at radius 2 is 1.97 bits per heavy atom. The number of nitrogens with zero attached hydrogens (tertiary/aromatic N) is 3. The van der Waals surface area contributed by atoms with E-state index in [1.807, 2.05) is 40.0 Å². The first-order valence-electron chi connectivity index (χ1n) is 12.7. The third-order valence-corrected chi connectivity index (χ3v) is 7.30. The van der Waals surface area contributed by atoms with E-state index in [2.05, 4.69) is 34.7 Å². The third-order valence-electron chi connectivity index (χ3n) is 6.27. The Morgan fingerprint density at radius 3 is 2.63 bits per heavy atom. The van der Waals surface area contributed by atoms with Crippen molar-refractivity contribution in [2.24, 2.45) is 0 Å². The molecule has 0 unspecified atom stereocenters. The predicted octanol–water partition coefficient (Wildman–Crippen LogP) is 5.88. The van der Waals surface area contributed by atoms with Crippen molar-refractivity contribution in [2.45, 2.75) is 59.1 Å². The zero-order valence-corrected chi connectivity index (χ0v) is 23.7. The summed E-state index contributed by atoms with van der Waals surface area (Å²) in [6.07, 6.45) is 6.13. The number of hydrogen-bond donors (Lipinski definition) is 3. The molecule has 0 saturated carbocycles. The van der Waals surface area contributed by atoms with Crippen molar-refractivity contribution in [3.05, 3.63) is 46.7 Å². The molecule has 38 heavy (non-hydrogen) atoms. The molecule has 0 aliphatic carbocycles. The topological polar surface area (TPSA) is 112 Å². The molecule has 1 aliphatic heterocycles. The van der Waals surface area contributed by atoms with Gasteiger partial charge < -0.3 is 30.4 Å². The molecule has 1 amide bonds. The number of carbonyl (C=O) groups is 1. The molecule has 10 heteroatoms. The van der Waals surface area contributed by atoms with Crippen LogP contribution in [0.4, 0.5) is 10.7 Å². The number of amides is 1. The van der Waals surface area contributed by atoms with Crippen LogP contribution in [0.25, 0.3) is 21.3 Å². The van der Waals surface area contributed by atoms with Crippen molar-refractivity contribution >= 4 is 39.8 Å². The molecule has 0 atom stereocenters. The first-order chi connectivity index (χ1) is 18.1. The van der Waals surface area contributed by atoms with Crippen molar-refractivity contribution < 1.29 is 14.3 Å². The number of benzene rings is 1. The normalized spacial score (nSPS) is 14.9. The molecule has 202 valence electrons. The molecule has 0 radical (unpaired) electrons. The SMILES string of the molecule is COc1cc(C)ccc1-c1c(C)sc2cnc(N/C(C=N)=C/NC3CCN(C(=O)OC(C)(C)C)CC3)nc12. The second-order valence-corrected chi connectivity index (χ2v) is 11.7. The average molecular weight is 537 g/mol. The van der Waals surface area contributed by atoms with Crippen LogP contribution in [-0.4, -0.2) is 59.0 Å². The highest BCUT2D eigenvalue weighted by molar-refractivity contribution is 7.19. The zero-order chi connectivity index (χ0) is 27.4. The molecule has 1 fully saturated rings. The van der Waals surface area contributed by atoms with Crippen LogP contribution in [0.2, 0.25) is 0 Å². The van der Waals surface area contributed by atoms with Crippen LogP contribution < -0.4 is 15.4 Å². The van der Waals surface area contributed by atoms with E-state index in [1.165, 1.54) is 6.21 Å². The monoisotopic (exact) mass is 536 g/mol. The van der Waals surface area contributed by atoms with E-state index >= 15 is 0 Å². The van der Waals surface area contributed by atoms with Gasteiger partial charge in [0.05, 0.1) is 29.2 Å². The minimum atomic E-state index is -0.501. The van der Waals surface area contributed by atoms with Gasteiger partial charge in [-0.25, -0.2) is 14.8 Å². The largest absolute Gasteiger partial charge is 0.496 e. The van der Waals surface area contributed by atoms with Crippen LogP contribution in [0.5, 0.6) is 5.75 Å². The number of allylic oxidation sites excluding steroid dienone is 1. The second kappa shape index (κ2) is 11.4. The van der Waals surface area contributed by atoms with Gasteiger partial charge in [0, 0.05) is 47.5 Å². The highest BCUT2D eigenvalue weighted by atomic mass is 32.1. The molecule has 1 aromatic carbocycles. The van der Waals surface area contributed by atoms with E-state index in [1.54, 1.807) is 29.5 Å². The Balaban J connectivity index is 1.46.